The largest absolute Gasteiger partial charge is 0.369 e. The van der Waals surface area contributed by atoms with E-state index in [0.717, 1.165) is 35.5 Å². The summed E-state index contributed by atoms with van der Waals surface area (Å²) in [5, 5.41) is 4.90. The molecular weight excluding hydrogens is 292 g/mol. The molecule has 6 heteroatoms. The molecule has 0 spiro atoms. The first kappa shape index (κ1) is 14.0. The lowest BCUT2D eigenvalue weighted by molar-refractivity contribution is 0.399. The van der Waals surface area contributed by atoms with Crippen molar-refractivity contribution in [2.45, 2.75) is 19.8 Å². The van der Waals surface area contributed by atoms with Crippen LogP contribution in [0.15, 0.2) is 6.07 Å². The van der Waals surface area contributed by atoms with E-state index in [-0.39, 0.29) is 0 Å². The Hall–Kier alpha value is -0.910. The maximum Gasteiger partial charge on any atom is 0.225 e. The third kappa shape index (κ3) is 2.90. The molecule has 0 saturated carbocycles. The topological polar surface area (TPSA) is 41.0 Å². The maximum atomic E-state index is 6.03. The van der Waals surface area contributed by atoms with E-state index in [1.165, 1.54) is 17.8 Å². The van der Waals surface area contributed by atoms with Gasteiger partial charge in [-0.05, 0) is 50.0 Å². The number of hydrogen-bond acceptors (Lipinski definition) is 5. The second kappa shape index (κ2) is 5.84. The lowest BCUT2D eigenvalue weighted by atomic mass is 10.1. The van der Waals surface area contributed by atoms with Crippen LogP contribution in [0.1, 0.15) is 18.2 Å². The summed E-state index contributed by atoms with van der Waals surface area (Å²) >= 11 is 7.73. The first-order valence-corrected chi connectivity index (χ1v) is 8.23. The SMILES string of the molecule is CCc1cc2c(NCC3CCN(C)C3)nc(Cl)nc2s1. The number of halogens is 1. The van der Waals surface area contributed by atoms with Gasteiger partial charge in [-0.3, -0.25) is 0 Å². The van der Waals surface area contributed by atoms with E-state index in [0.29, 0.717) is 11.2 Å². The second-order valence-corrected chi connectivity index (χ2v) is 6.88. The number of nitrogens with zero attached hydrogens (tertiary/aromatic N) is 3. The zero-order chi connectivity index (χ0) is 14.1. The third-order valence-electron chi connectivity index (χ3n) is 3.81. The van der Waals surface area contributed by atoms with Crippen LogP contribution in [-0.4, -0.2) is 41.5 Å². The van der Waals surface area contributed by atoms with Crippen LogP contribution in [0.4, 0.5) is 5.82 Å². The fraction of sp³-hybridized carbons (Fsp3) is 0.571. The van der Waals surface area contributed by atoms with E-state index in [1.807, 2.05) is 0 Å². The van der Waals surface area contributed by atoms with Gasteiger partial charge in [-0.15, -0.1) is 11.3 Å². The number of rotatable bonds is 4. The van der Waals surface area contributed by atoms with Gasteiger partial charge >= 0.3 is 0 Å². The molecule has 1 saturated heterocycles. The number of fused-ring (bicyclic) bond motifs is 1. The van der Waals surface area contributed by atoms with Gasteiger partial charge in [0.15, 0.2) is 0 Å². The van der Waals surface area contributed by atoms with Crippen molar-refractivity contribution in [2.75, 3.05) is 32.0 Å². The van der Waals surface area contributed by atoms with E-state index in [2.05, 4.69) is 40.2 Å². The number of aryl methyl sites for hydroxylation is 1. The van der Waals surface area contributed by atoms with E-state index in [9.17, 15) is 0 Å². The van der Waals surface area contributed by atoms with Crippen molar-refractivity contribution in [3.8, 4) is 0 Å². The average Bonchev–Trinajstić information content (AvgIpc) is 3.01. The second-order valence-electron chi connectivity index (χ2n) is 5.42. The van der Waals surface area contributed by atoms with Crippen molar-refractivity contribution in [3.63, 3.8) is 0 Å². The Balaban J connectivity index is 1.81. The molecule has 1 unspecified atom stereocenters. The summed E-state index contributed by atoms with van der Waals surface area (Å²) in [6.07, 6.45) is 2.26. The molecule has 0 bridgehead atoms. The Kier molecular flexibility index (Phi) is 4.10. The predicted molar refractivity (Wildman–Crippen MR) is 85.9 cm³/mol. The number of likely N-dealkylation sites (tertiary alicyclic amines) is 1. The molecule has 3 rings (SSSR count). The van der Waals surface area contributed by atoms with Gasteiger partial charge in [0.2, 0.25) is 5.28 Å². The lowest BCUT2D eigenvalue weighted by Crippen LogP contribution is -2.19. The first-order chi connectivity index (χ1) is 9.65. The van der Waals surface area contributed by atoms with Crippen LogP contribution in [-0.2, 0) is 6.42 Å². The molecule has 1 fully saturated rings. The summed E-state index contributed by atoms with van der Waals surface area (Å²) in [5.41, 5.74) is 0. The van der Waals surface area contributed by atoms with Crippen molar-refractivity contribution in [1.29, 1.82) is 0 Å². The zero-order valence-corrected chi connectivity index (χ0v) is 13.4. The molecule has 0 amide bonds. The van der Waals surface area contributed by atoms with Crippen LogP contribution in [0.3, 0.4) is 0 Å². The molecule has 108 valence electrons. The molecule has 1 aliphatic heterocycles. The van der Waals surface area contributed by atoms with Crippen molar-refractivity contribution >= 4 is 39.0 Å². The Morgan fingerprint density at radius 1 is 1.50 bits per heavy atom. The van der Waals surface area contributed by atoms with Crippen LogP contribution in [0, 0.1) is 5.92 Å². The fourth-order valence-electron chi connectivity index (χ4n) is 2.69. The molecule has 20 heavy (non-hydrogen) atoms. The fourth-order valence-corrected chi connectivity index (χ4v) is 3.87. The van der Waals surface area contributed by atoms with E-state index in [4.69, 9.17) is 11.6 Å². The maximum absolute atomic E-state index is 6.03. The first-order valence-electron chi connectivity index (χ1n) is 7.04. The van der Waals surface area contributed by atoms with Crippen LogP contribution in [0.25, 0.3) is 10.2 Å². The van der Waals surface area contributed by atoms with E-state index < -0.39 is 0 Å². The van der Waals surface area contributed by atoms with E-state index in [1.54, 1.807) is 11.3 Å². The van der Waals surface area contributed by atoms with Crippen LogP contribution >= 0.6 is 22.9 Å². The minimum Gasteiger partial charge on any atom is -0.369 e. The highest BCUT2D eigenvalue weighted by Crippen LogP contribution is 2.30. The van der Waals surface area contributed by atoms with Gasteiger partial charge in [-0.25, -0.2) is 9.97 Å². The normalized spacial score (nSPS) is 19.9. The quantitative estimate of drug-likeness (QED) is 0.880. The minimum absolute atomic E-state index is 0.327. The highest BCUT2D eigenvalue weighted by Gasteiger charge is 2.20. The van der Waals surface area contributed by atoms with Crippen molar-refractivity contribution in [3.05, 3.63) is 16.2 Å². The Morgan fingerprint density at radius 3 is 3.05 bits per heavy atom. The molecule has 2 aromatic heterocycles. The number of nitrogens with one attached hydrogen (secondary N) is 1. The molecule has 2 aromatic rings. The van der Waals surface area contributed by atoms with Gasteiger partial charge < -0.3 is 10.2 Å². The monoisotopic (exact) mass is 310 g/mol. The average molecular weight is 311 g/mol. The molecule has 0 aromatic carbocycles. The van der Waals surface area contributed by atoms with Crippen molar-refractivity contribution in [2.24, 2.45) is 5.92 Å². The van der Waals surface area contributed by atoms with Crippen LogP contribution < -0.4 is 5.32 Å². The smallest absolute Gasteiger partial charge is 0.225 e. The van der Waals surface area contributed by atoms with Gasteiger partial charge in [0, 0.05) is 18.0 Å². The van der Waals surface area contributed by atoms with Crippen molar-refractivity contribution < 1.29 is 0 Å². The predicted octanol–water partition coefficient (Wildman–Crippen LogP) is 3.27. The highest BCUT2D eigenvalue weighted by molar-refractivity contribution is 7.18. The third-order valence-corrected chi connectivity index (χ3v) is 5.15. The summed E-state index contributed by atoms with van der Waals surface area (Å²) in [6.45, 7) is 5.44. The number of hydrogen-bond donors (Lipinski definition) is 1. The van der Waals surface area contributed by atoms with Gasteiger partial charge in [0.25, 0.3) is 0 Å². The molecule has 1 N–H and O–H groups in total. The summed E-state index contributed by atoms with van der Waals surface area (Å²) in [4.78, 5) is 13.4. The minimum atomic E-state index is 0.327. The Labute approximate surface area is 128 Å². The summed E-state index contributed by atoms with van der Waals surface area (Å²) < 4.78 is 0. The molecule has 4 nitrogen and oxygen atoms in total. The Morgan fingerprint density at radius 2 is 2.35 bits per heavy atom. The molecule has 0 radical (unpaired) electrons. The summed E-state index contributed by atoms with van der Waals surface area (Å²) in [7, 11) is 2.17. The lowest BCUT2D eigenvalue weighted by Gasteiger charge is -2.12. The molecule has 3 heterocycles. The standard InChI is InChI=1S/C14H19ClN4S/c1-3-10-6-11-12(17-14(15)18-13(11)20-10)16-7-9-4-5-19(2)8-9/h6,9H,3-5,7-8H2,1-2H3,(H,16,17,18). The summed E-state index contributed by atoms with van der Waals surface area (Å²) in [6, 6.07) is 2.18. The van der Waals surface area contributed by atoms with E-state index >= 15 is 0 Å². The number of thiophene rings is 1. The van der Waals surface area contributed by atoms with Gasteiger partial charge in [0.05, 0.1) is 5.39 Å². The van der Waals surface area contributed by atoms with Gasteiger partial charge in [-0.2, -0.15) is 0 Å². The van der Waals surface area contributed by atoms with Crippen LogP contribution in [0.2, 0.25) is 5.28 Å². The molecule has 0 aliphatic carbocycles. The zero-order valence-electron chi connectivity index (χ0n) is 11.8. The number of aromatic nitrogens is 2. The molecule has 1 atom stereocenters. The van der Waals surface area contributed by atoms with Crippen LogP contribution in [0.5, 0.6) is 0 Å². The van der Waals surface area contributed by atoms with Gasteiger partial charge in [-0.1, -0.05) is 6.92 Å². The number of anilines is 1. The summed E-state index contributed by atoms with van der Waals surface area (Å²) in [5.74, 6) is 1.57. The van der Waals surface area contributed by atoms with Gasteiger partial charge in [0.1, 0.15) is 10.6 Å². The Bertz CT molecular complexity index is 612. The highest BCUT2D eigenvalue weighted by atomic mass is 35.5. The molecular formula is C14H19ClN4S. The van der Waals surface area contributed by atoms with Crippen molar-refractivity contribution in [1.82, 2.24) is 14.9 Å². The molecule has 1 aliphatic rings.